The molecule has 1 saturated carbocycles. The van der Waals surface area contributed by atoms with Gasteiger partial charge in [0.05, 0.1) is 32.8 Å². The van der Waals surface area contributed by atoms with Crippen molar-refractivity contribution >= 4 is 35.9 Å². The summed E-state index contributed by atoms with van der Waals surface area (Å²) in [5, 5.41) is 0. The summed E-state index contributed by atoms with van der Waals surface area (Å²) in [5.41, 5.74) is 1.26. The minimum atomic E-state index is -0.876. The van der Waals surface area contributed by atoms with E-state index in [0.29, 0.717) is 37.2 Å². The molecule has 256 valence electrons. The largest absolute Gasteiger partial charge is 0.513 e. The van der Waals surface area contributed by atoms with E-state index < -0.39 is 24.1 Å². The van der Waals surface area contributed by atoms with Crippen LogP contribution >= 0.6 is 0 Å². The zero-order valence-corrected chi connectivity index (χ0v) is 27.0. The van der Waals surface area contributed by atoms with Crippen LogP contribution in [0.4, 0.5) is 4.79 Å². The molecule has 11 heteroatoms. The Morgan fingerprint density at radius 2 is 1.40 bits per heavy atom. The molecular formula is C37H42O11. The van der Waals surface area contributed by atoms with Crippen LogP contribution in [0.5, 0.6) is 11.5 Å². The molecule has 0 aliphatic heterocycles. The van der Waals surface area contributed by atoms with Gasteiger partial charge in [-0.1, -0.05) is 37.8 Å². The molecule has 1 aliphatic carbocycles. The maximum Gasteiger partial charge on any atom is 0.513 e. The van der Waals surface area contributed by atoms with Crippen LogP contribution in [0.2, 0.25) is 0 Å². The molecule has 0 N–H and O–H groups in total. The lowest BCUT2D eigenvalue weighted by atomic mass is 9.98. The molecule has 48 heavy (non-hydrogen) atoms. The highest BCUT2D eigenvalue weighted by molar-refractivity contribution is 6.06. The van der Waals surface area contributed by atoms with Gasteiger partial charge in [0, 0.05) is 23.6 Å². The summed E-state index contributed by atoms with van der Waals surface area (Å²) < 4.78 is 31.2. The molecule has 0 saturated heterocycles. The molecule has 0 heterocycles. The molecule has 0 aromatic heterocycles. The van der Waals surface area contributed by atoms with Gasteiger partial charge in [0.2, 0.25) is 0 Å². The van der Waals surface area contributed by atoms with Crippen LogP contribution in [-0.2, 0) is 33.3 Å². The van der Waals surface area contributed by atoms with Crippen LogP contribution in [0.3, 0.4) is 0 Å². The van der Waals surface area contributed by atoms with Gasteiger partial charge in [0.1, 0.15) is 17.6 Å². The van der Waals surface area contributed by atoms with E-state index in [9.17, 15) is 24.0 Å². The summed E-state index contributed by atoms with van der Waals surface area (Å²) in [7, 11) is 0. The molecule has 1 fully saturated rings. The third-order valence-corrected chi connectivity index (χ3v) is 7.10. The summed E-state index contributed by atoms with van der Waals surface area (Å²) in [6.07, 6.45) is 9.50. The SMILES string of the molecule is C=CC(=O)OCCCCOC(=O)Oc1ccc(C(=O)/C=C/c2ccc(OCCCOC(=O)C(=C)CC(=O)OC3CCCCC3)cc2)cc1. The first kappa shape index (κ1) is 37.3. The number of unbranched alkanes of at least 4 members (excludes halogenated alkanes) is 1. The molecule has 0 radical (unpaired) electrons. The number of ketones is 1. The number of hydrogen-bond donors (Lipinski definition) is 0. The van der Waals surface area contributed by atoms with Crippen LogP contribution < -0.4 is 9.47 Å². The van der Waals surface area contributed by atoms with Crippen molar-refractivity contribution in [2.75, 3.05) is 26.4 Å². The van der Waals surface area contributed by atoms with Gasteiger partial charge in [-0.15, -0.1) is 0 Å². The van der Waals surface area contributed by atoms with Gasteiger partial charge in [-0.2, -0.15) is 0 Å². The molecule has 0 bridgehead atoms. The first-order chi connectivity index (χ1) is 23.2. The van der Waals surface area contributed by atoms with Crippen molar-refractivity contribution in [2.24, 2.45) is 0 Å². The second-order valence-electron chi connectivity index (χ2n) is 10.9. The van der Waals surface area contributed by atoms with Crippen LogP contribution in [0.1, 0.15) is 73.7 Å². The van der Waals surface area contributed by atoms with E-state index in [1.807, 2.05) is 0 Å². The number of rotatable bonds is 19. The van der Waals surface area contributed by atoms with Crippen LogP contribution in [0, 0.1) is 0 Å². The highest BCUT2D eigenvalue weighted by Crippen LogP contribution is 2.21. The number of allylic oxidation sites excluding steroid dienone is 1. The first-order valence-corrected chi connectivity index (χ1v) is 16.0. The van der Waals surface area contributed by atoms with Gasteiger partial charge in [0.25, 0.3) is 0 Å². The van der Waals surface area contributed by atoms with Crippen molar-refractivity contribution in [3.63, 3.8) is 0 Å². The molecule has 2 aromatic rings. The van der Waals surface area contributed by atoms with Gasteiger partial charge in [0.15, 0.2) is 5.78 Å². The maximum absolute atomic E-state index is 12.6. The highest BCUT2D eigenvalue weighted by Gasteiger charge is 2.20. The Bertz CT molecular complexity index is 1420. The molecule has 0 unspecified atom stereocenters. The number of esters is 3. The van der Waals surface area contributed by atoms with Crippen molar-refractivity contribution in [2.45, 2.75) is 63.9 Å². The predicted molar refractivity (Wildman–Crippen MR) is 176 cm³/mol. The van der Waals surface area contributed by atoms with Crippen LogP contribution in [-0.4, -0.2) is 62.4 Å². The topological polar surface area (TPSA) is 141 Å². The number of ether oxygens (including phenoxy) is 6. The van der Waals surface area contributed by atoms with E-state index in [-0.39, 0.29) is 49.5 Å². The fourth-order valence-corrected chi connectivity index (χ4v) is 4.52. The van der Waals surface area contributed by atoms with Crippen molar-refractivity contribution in [1.82, 2.24) is 0 Å². The van der Waals surface area contributed by atoms with E-state index in [2.05, 4.69) is 13.2 Å². The van der Waals surface area contributed by atoms with Crippen LogP contribution in [0.15, 0.2) is 79.4 Å². The summed E-state index contributed by atoms with van der Waals surface area (Å²) in [6.45, 7) is 7.70. The lowest BCUT2D eigenvalue weighted by Gasteiger charge is -2.21. The summed E-state index contributed by atoms with van der Waals surface area (Å²) >= 11 is 0. The van der Waals surface area contributed by atoms with Crippen molar-refractivity contribution in [1.29, 1.82) is 0 Å². The second-order valence-corrected chi connectivity index (χ2v) is 10.9. The van der Waals surface area contributed by atoms with E-state index in [1.54, 1.807) is 42.5 Å². The van der Waals surface area contributed by atoms with Gasteiger partial charge in [-0.3, -0.25) is 9.59 Å². The van der Waals surface area contributed by atoms with E-state index >= 15 is 0 Å². The van der Waals surface area contributed by atoms with Crippen LogP contribution in [0.25, 0.3) is 6.08 Å². The monoisotopic (exact) mass is 662 g/mol. The van der Waals surface area contributed by atoms with E-state index in [4.69, 9.17) is 28.4 Å². The van der Waals surface area contributed by atoms with Gasteiger partial charge in [-0.25, -0.2) is 14.4 Å². The van der Waals surface area contributed by atoms with Gasteiger partial charge < -0.3 is 28.4 Å². The molecule has 3 rings (SSSR count). The molecule has 0 spiro atoms. The van der Waals surface area contributed by atoms with E-state index in [1.165, 1.54) is 18.2 Å². The fourth-order valence-electron chi connectivity index (χ4n) is 4.52. The summed E-state index contributed by atoms with van der Waals surface area (Å²) in [4.78, 5) is 59.6. The minimum absolute atomic E-state index is 0.0676. The lowest BCUT2D eigenvalue weighted by Crippen LogP contribution is -2.22. The quantitative estimate of drug-likeness (QED) is 0.0394. The summed E-state index contributed by atoms with van der Waals surface area (Å²) in [5.74, 6) is -0.975. The molecule has 0 amide bonds. The van der Waals surface area contributed by atoms with Gasteiger partial charge >= 0.3 is 24.1 Å². The fraction of sp³-hybridized carbons (Fsp3) is 0.378. The Labute approximate surface area is 280 Å². The van der Waals surface area contributed by atoms with Gasteiger partial charge in [-0.05, 0) is 86.6 Å². The smallest absolute Gasteiger partial charge is 0.493 e. The van der Waals surface area contributed by atoms with Crippen molar-refractivity contribution in [3.8, 4) is 11.5 Å². The standard InChI is InChI=1S/C37H42O11/c1-3-34(39)44-22-7-8-23-46-37(42)48-32-19-15-29(16-20-32)33(38)21-14-28-12-17-30(18-13-28)43-24-9-25-45-36(41)27(2)26-35(40)47-31-10-5-4-6-11-31/h3,12-21,31H,1-2,4-11,22-26H2/b21-14+. The molecule has 0 atom stereocenters. The summed E-state index contributed by atoms with van der Waals surface area (Å²) in [6, 6.07) is 13.2. The lowest BCUT2D eigenvalue weighted by molar-refractivity contribution is -0.151. The zero-order chi connectivity index (χ0) is 34.6. The average Bonchev–Trinajstić information content (AvgIpc) is 3.09. The molecule has 1 aliphatic rings. The van der Waals surface area contributed by atoms with Crippen molar-refractivity contribution < 1.29 is 52.4 Å². The van der Waals surface area contributed by atoms with Crippen molar-refractivity contribution in [3.05, 3.63) is 90.5 Å². The Hall–Kier alpha value is -5.19. The Morgan fingerprint density at radius 1 is 0.750 bits per heavy atom. The maximum atomic E-state index is 12.6. The number of benzene rings is 2. The molecular weight excluding hydrogens is 620 g/mol. The molecule has 11 nitrogen and oxygen atoms in total. The Balaban J connectivity index is 1.28. The zero-order valence-electron chi connectivity index (χ0n) is 27.0. The number of hydrogen-bond acceptors (Lipinski definition) is 11. The normalized spacial score (nSPS) is 12.8. The highest BCUT2D eigenvalue weighted by atomic mass is 16.7. The van der Waals surface area contributed by atoms with E-state index in [0.717, 1.165) is 43.7 Å². The second kappa shape index (κ2) is 20.8. The third-order valence-electron chi connectivity index (χ3n) is 7.10. The third kappa shape index (κ3) is 14.5. The molecule has 2 aromatic carbocycles. The first-order valence-electron chi connectivity index (χ1n) is 16.0. The predicted octanol–water partition coefficient (Wildman–Crippen LogP) is 6.74. The number of carbonyl (C=O) groups excluding carboxylic acids is 5. The Morgan fingerprint density at radius 3 is 2.08 bits per heavy atom. The number of carbonyl (C=O) groups is 5. The minimum Gasteiger partial charge on any atom is -0.493 e. The Kier molecular flexibility index (Phi) is 16.2. The average molecular weight is 663 g/mol.